The standard InChI is InChI=1S/C20H20Cl3F3N2O2/c1-13-10-15(29-9-6-17(22)23)11-16(21)19(13)30-8-3-2-7-27-18-5-4-14(12-28-18)20(24,25)26/h4-6,10-12H,2-3,7-9H2,1H3,(H,27,28). The zero-order chi connectivity index (χ0) is 22.1. The van der Waals surface area contributed by atoms with Gasteiger partial charge in [-0.25, -0.2) is 4.98 Å². The van der Waals surface area contributed by atoms with Gasteiger partial charge in [-0.2, -0.15) is 13.2 Å². The van der Waals surface area contributed by atoms with E-state index in [2.05, 4.69) is 10.3 Å². The normalized spacial score (nSPS) is 11.2. The van der Waals surface area contributed by atoms with Gasteiger partial charge in [-0.05, 0) is 49.6 Å². The molecule has 2 rings (SSSR count). The summed E-state index contributed by atoms with van der Waals surface area (Å²) < 4.78 is 48.9. The molecular formula is C20H20Cl3F3N2O2. The molecule has 0 unspecified atom stereocenters. The summed E-state index contributed by atoms with van der Waals surface area (Å²) in [6.07, 6.45) is -0.594. The van der Waals surface area contributed by atoms with Gasteiger partial charge in [0.2, 0.25) is 0 Å². The lowest BCUT2D eigenvalue weighted by atomic mass is 10.2. The summed E-state index contributed by atoms with van der Waals surface area (Å²) in [6, 6.07) is 5.76. The lowest BCUT2D eigenvalue weighted by molar-refractivity contribution is -0.137. The van der Waals surface area contributed by atoms with Gasteiger partial charge in [0, 0.05) is 18.8 Å². The lowest BCUT2D eigenvalue weighted by Crippen LogP contribution is -2.08. The predicted octanol–water partition coefficient (Wildman–Crippen LogP) is 7.03. The van der Waals surface area contributed by atoms with Crippen molar-refractivity contribution in [2.75, 3.05) is 25.1 Å². The van der Waals surface area contributed by atoms with E-state index < -0.39 is 11.7 Å². The van der Waals surface area contributed by atoms with Crippen molar-refractivity contribution >= 4 is 40.6 Å². The van der Waals surface area contributed by atoms with E-state index in [-0.39, 0.29) is 11.1 Å². The minimum absolute atomic E-state index is 0.126. The number of alkyl halides is 3. The molecule has 0 aliphatic heterocycles. The van der Waals surface area contributed by atoms with Crippen LogP contribution in [0.1, 0.15) is 24.0 Å². The average Bonchev–Trinajstić information content (AvgIpc) is 2.65. The summed E-state index contributed by atoms with van der Waals surface area (Å²) in [5.41, 5.74) is 0.0509. The van der Waals surface area contributed by atoms with Crippen LogP contribution in [-0.2, 0) is 6.18 Å². The molecule has 0 bridgehead atoms. The molecule has 0 fully saturated rings. The third-order valence-electron chi connectivity index (χ3n) is 3.90. The fourth-order valence-corrected chi connectivity index (χ4v) is 2.89. The maximum Gasteiger partial charge on any atom is 0.417 e. The van der Waals surface area contributed by atoms with Crippen molar-refractivity contribution in [2.45, 2.75) is 25.9 Å². The molecule has 0 aliphatic rings. The number of halogens is 6. The van der Waals surface area contributed by atoms with Crippen LogP contribution in [0.2, 0.25) is 5.02 Å². The molecule has 1 aromatic carbocycles. The number of nitrogens with one attached hydrogen (secondary N) is 1. The minimum atomic E-state index is -4.39. The average molecular weight is 484 g/mol. The number of nitrogens with zero attached hydrogens (tertiary/aromatic N) is 1. The van der Waals surface area contributed by atoms with Crippen molar-refractivity contribution in [1.82, 2.24) is 4.98 Å². The molecule has 1 N–H and O–H groups in total. The van der Waals surface area contributed by atoms with Crippen LogP contribution in [0, 0.1) is 6.92 Å². The Hall–Kier alpha value is -1.83. The highest BCUT2D eigenvalue weighted by atomic mass is 35.5. The summed E-state index contributed by atoms with van der Waals surface area (Å²) >= 11 is 17.3. The number of pyridine rings is 1. The highest BCUT2D eigenvalue weighted by molar-refractivity contribution is 6.55. The molecule has 0 aliphatic carbocycles. The molecule has 2 aromatic rings. The molecule has 0 saturated heterocycles. The topological polar surface area (TPSA) is 43.4 Å². The van der Waals surface area contributed by atoms with E-state index in [9.17, 15) is 13.2 Å². The molecule has 0 spiro atoms. The molecule has 10 heteroatoms. The number of hydrogen-bond donors (Lipinski definition) is 1. The van der Waals surface area contributed by atoms with Crippen LogP contribution in [0.25, 0.3) is 0 Å². The monoisotopic (exact) mass is 482 g/mol. The van der Waals surface area contributed by atoms with Crippen molar-refractivity contribution < 1.29 is 22.6 Å². The Labute approximate surface area is 187 Å². The Morgan fingerprint density at radius 1 is 1.17 bits per heavy atom. The summed E-state index contributed by atoms with van der Waals surface area (Å²) in [5.74, 6) is 1.54. The van der Waals surface area contributed by atoms with E-state index in [4.69, 9.17) is 44.3 Å². The summed E-state index contributed by atoms with van der Waals surface area (Å²) in [5, 5.41) is 3.41. The number of rotatable bonds is 10. The first-order valence-corrected chi connectivity index (χ1v) is 10.1. The number of unbranched alkanes of at least 4 members (excludes halogenated alkanes) is 1. The number of aryl methyl sites for hydroxylation is 1. The number of anilines is 1. The van der Waals surface area contributed by atoms with Crippen molar-refractivity contribution in [3.63, 3.8) is 0 Å². The first-order chi connectivity index (χ1) is 14.2. The number of benzene rings is 1. The van der Waals surface area contributed by atoms with Gasteiger partial charge < -0.3 is 14.8 Å². The molecule has 4 nitrogen and oxygen atoms in total. The second-order valence-corrected chi connectivity index (χ2v) is 7.68. The van der Waals surface area contributed by atoms with Crippen LogP contribution < -0.4 is 14.8 Å². The van der Waals surface area contributed by atoms with Gasteiger partial charge in [0.25, 0.3) is 0 Å². The second kappa shape index (κ2) is 11.5. The van der Waals surface area contributed by atoms with E-state index in [1.807, 2.05) is 6.92 Å². The van der Waals surface area contributed by atoms with Crippen LogP contribution >= 0.6 is 34.8 Å². The van der Waals surface area contributed by atoms with E-state index in [1.165, 1.54) is 12.1 Å². The smallest absolute Gasteiger partial charge is 0.417 e. The van der Waals surface area contributed by atoms with Crippen molar-refractivity contribution in [1.29, 1.82) is 0 Å². The van der Waals surface area contributed by atoms with Gasteiger partial charge in [-0.3, -0.25) is 0 Å². The Morgan fingerprint density at radius 3 is 2.53 bits per heavy atom. The first kappa shape index (κ1) is 24.4. The third kappa shape index (κ3) is 8.13. The summed E-state index contributed by atoms with van der Waals surface area (Å²) in [4.78, 5) is 3.76. The van der Waals surface area contributed by atoms with Gasteiger partial charge in [-0.15, -0.1) is 0 Å². The molecule has 1 aromatic heterocycles. The van der Waals surface area contributed by atoms with Gasteiger partial charge in [-0.1, -0.05) is 34.8 Å². The number of hydrogen-bond acceptors (Lipinski definition) is 4. The van der Waals surface area contributed by atoms with Gasteiger partial charge >= 0.3 is 6.18 Å². The van der Waals surface area contributed by atoms with E-state index in [0.717, 1.165) is 30.7 Å². The third-order valence-corrected chi connectivity index (χ3v) is 4.49. The largest absolute Gasteiger partial charge is 0.492 e. The van der Waals surface area contributed by atoms with Crippen molar-refractivity contribution in [2.24, 2.45) is 0 Å². The van der Waals surface area contributed by atoms with Crippen molar-refractivity contribution in [3.8, 4) is 11.5 Å². The van der Waals surface area contributed by atoms with Crippen LogP contribution in [0.15, 0.2) is 41.0 Å². The SMILES string of the molecule is Cc1cc(OCC=C(Cl)Cl)cc(Cl)c1OCCCCNc1ccc(C(F)(F)F)cn1. The molecule has 0 amide bonds. The van der Waals surface area contributed by atoms with Gasteiger partial charge in [0.05, 0.1) is 17.2 Å². The van der Waals surface area contributed by atoms with E-state index in [0.29, 0.717) is 35.5 Å². The van der Waals surface area contributed by atoms with Gasteiger partial charge in [0.1, 0.15) is 28.4 Å². The van der Waals surface area contributed by atoms with E-state index >= 15 is 0 Å². The summed E-state index contributed by atoms with van der Waals surface area (Å²) in [7, 11) is 0. The molecular weight excluding hydrogens is 464 g/mol. The van der Waals surface area contributed by atoms with Crippen LogP contribution in [-0.4, -0.2) is 24.7 Å². The van der Waals surface area contributed by atoms with E-state index in [1.54, 1.807) is 12.1 Å². The maximum absolute atomic E-state index is 12.5. The molecule has 30 heavy (non-hydrogen) atoms. The fourth-order valence-electron chi connectivity index (χ4n) is 2.45. The number of aromatic nitrogens is 1. The Balaban J connectivity index is 1.73. The van der Waals surface area contributed by atoms with Crippen molar-refractivity contribution in [3.05, 3.63) is 57.2 Å². The van der Waals surface area contributed by atoms with Crippen LogP contribution in [0.5, 0.6) is 11.5 Å². The van der Waals surface area contributed by atoms with Gasteiger partial charge in [0.15, 0.2) is 0 Å². The quantitative estimate of drug-likeness (QED) is 0.368. The number of ether oxygens (including phenoxy) is 2. The highest BCUT2D eigenvalue weighted by Crippen LogP contribution is 2.33. The Bertz CT molecular complexity index is 832. The zero-order valence-electron chi connectivity index (χ0n) is 16.0. The summed E-state index contributed by atoms with van der Waals surface area (Å²) in [6.45, 7) is 3.07. The molecule has 1 heterocycles. The molecule has 0 atom stereocenters. The molecule has 164 valence electrons. The molecule has 0 radical (unpaired) electrons. The van der Waals surface area contributed by atoms with Crippen LogP contribution in [0.3, 0.4) is 0 Å². The fraction of sp³-hybridized carbons (Fsp3) is 0.350. The Morgan fingerprint density at radius 2 is 1.93 bits per heavy atom. The second-order valence-electron chi connectivity index (χ2n) is 6.27. The highest BCUT2D eigenvalue weighted by Gasteiger charge is 2.30. The lowest BCUT2D eigenvalue weighted by Gasteiger charge is -2.13. The van der Waals surface area contributed by atoms with Crippen LogP contribution in [0.4, 0.5) is 19.0 Å². The molecule has 0 saturated carbocycles. The Kier molecular flexibility index (Phi) is 9.39. The zero-order valence-corrected chi connectivity index (χ0v) is 18.3. The predicted molar refractivity (Wildman–Crippen MR) is 114 cm³/mol. The first-order valence-electron chi connectivity index (χ1n) is 9.01. The maximum atomic E-state index is 12.5. The minimum Gasteiger partial charge on any atom is -0.492 e.